The van der Waals surface area contributed by atoms with Gasteiger partial charge in [0.15, 0.2) is 0 Å². The smallest absolute Gasteiger partial charge is 0.127 e. The Morgan fingerprint density at radius 1 is 0.900 bits per heavy atom. The molecule has 0 spiro atoms. The van der Waals surface area contributed by atoms with Crippen molar-refractivity contribution in [3.05, 3.63) is 90.0 Å². The molecule has 5 rings (SSSR count). The molecule has 2 heterocycles. The van der Waals surface area contributed by atoms with Crippen LogP contribution in [0.1, 0.15) is 17.0 Å². The van der Waals surface area contributed by atoms with Gasteiger partial charge in [-0.05, 0) is 49.5 Å². The average molecular weight is 571 g/mol. The maximum absolute atomic E-state index is 4.78. The summed E-state index contributed by atoms with van der Waals surface area (Å²) >= 11 is 0. The first kappa shape index (κ1) is 20.2. The third-order valence-corrected chi connectivity index (χ3v) is 5.21. The van der Waals surface area contributed by atoms with Crippen LogP contribution in [0.3, 0.4) is 0 Å². The second kappa shape index (κ2) is 7.98. The molecule has 0 fully saturated rings. The first-order chi connectivity index (χ1) is 14.1. The molecule has 1 radical (unpaired) electrons. The maximum Gasteiger partial charge on any atom is 0.127 e. The Morgan fingerprint density at radius 3 is 2.37 bits per heavy atom. The van der Waals surface area contributed by atoms with E-state index >= 15 is 0 Å². The van der Waals surface area contributed by atoms with Gasteiger partial charge in [-0.3, -0.25) is 14.6 Å². The number of rotatable bonds is 3. The number of benzene rings is 3. The van der Waals surface area contributed by atoms with Crippen molar-refractivity contribution in [2.24, 2.45) is 0 Å². The molecule has 0 aliphatic carbocycles. The first-order valence-electron chi connectivity index (χ1n) is 9.56. The molecule has 0 aliphatic rings. The number of aromatic nitrogens is 5. The summed E-state index contributed by atoms with van der Waals surface area (Å²) < 4.78 is 4.04. The van der Waals surface area contributed by atoms with Gasteiger partial charge in [0.1, 0.15) is 12.2 Å². The molecule has 3 aromatic carbocycles. The summed E-state index contributed by atoms with van der Waals surface area (Å²) in [6, 6.07) is 23.9. The molecule has 151 valence electrons. The Labute approximate surface area is 188 Å². The number of imidazole rings is 1. The predicted octanol–water partition coefficient (Wildman–Crippen LogP) is 5.00. The average Bonchev–Trinajstić information content (AvgIpc) is 3.32. The summed E-state index contributed by atoms with van der Waals surface area (Å²) in [6.07, 6.45) is 1.59. The van der Waals surface area contributed by atoms with Crippen LogP contribution >= 0.6 is 0 Å². The molecule has 0 saturated heterocycles. The van der Waals surface area contributed by atoms with E-state index in [4.69, 9.17) is 4.98 Å². The van der Waals surface area contributed by atoms with E-state index in [0.717, 1.165) is 50.7 Å². The molecule has 0 amide bonds. The first-order valence-corrected chi connectivity index (χ1v) is 9.56. The minimum Gasteiger partial charge on any atom is -0.338 e. The molecule has 0 N–H and O–H groups in total. The van der Waals surface area contributed by atoms with Crippen LogP contribution in [0.4, 0.5) is 0 Å². The molecule has 0 atom stereocenters. The van der Waals surface area contributed by atoms with Crippen molar-refractivity contribution in [2.75, 3.05) is 0 Å². The molecule has 6 heteroatoms. The van der Waals surface area contributed by atoms with Crippen molar-refractivity contribution in [3.63, 3.8) is 0 Å². The third kappa shape index (κ3) is 3.28. The summed E-state index contributed by atoms with van der Waals surface area (Å²) in [4.78, 5) is 9.31. The second-order valence-electron chi connectivity index (χ2n) is 7.18. The number of hydrogen-bond acceptors (Lipinski definition) is 3. The van der Waals surface area contributed by atoms with Crippen LogP contribution in [-0.4, -0.2) is 24.3 Å². The minimum atomic E-state index is 0. The van der Waals surface area contributed by atoms with Crippen LogP contribution in [0.15, 0.2) is 67.0 Å². The standard InChI is InChI=1S/C24H20N5.Ir/c1-16-8-7-9-17(2)23(16)29-24(25-15-26-29)19-12-13-22-21(14-19)27-18(3)28(22)20-10-5-4-6-11-20;/h4-11,13-15H,1-3H3;/q-1;. The fraction of sp³-hybridized carbons (Fsp3) is 0.125. The number of hydrogen-bond donors (Lipinski definition) is 0. The zero-order valence-corrected chi connectivity index (χ0v) is 19.3. The van der Waals surface area contributed by atoms with Gasteiger partial charge < -0.3 is 4.57 Å². The summed E-state index contributed by atoms with van der Waals surface area (Å²) in [5.74, 6) is 1.70. The fourth-order valence-corrected chi connectivity index (χ4v) is 3.90. The van der Waals surface area contributed by atoms with E-state index in [1.54, 1.807) is 6.33 Å². The van der Waals surface area contributed by atoms with Gasteiger partial charge in [0.05, 0.1) is 11.5 Å². The SMILES string of the molecule is Cc1cccc(C)c1-n1ncnc1-c1[c-]cc2c(c1)nc(C)n2-c1ccccc1.[Ir]. The summed E-state index contributed by atoms with van der Waals surface area (Å²) in [7, 11) is 0. The van der Waals surface area contributed by atoms with Crippen molar-refractivity contribution in [1.82, 2.24) is 24.3 Å². The molecule has 0 unspecified atom stereocenters. The molecule has 0 saturated carbocycles. The fourth-order valence-electron chi connectivity index (χ4n) is 3.90. The normalized spacial score (nSPS) is 10.9. The maximum atomic E-state index is 4.78. The van der Waals surface area contributed by atoms with E-state index in [2.05, 4.69) is 64.9 Å². The second-order valence-corrected chi connectivity index (χ2v) is 7.18. The van der Waals surface area contributed by atoms with E-state index < -0.39 is 0 Å². The van der Waals surface area contributed by atoms with E-state index in [9.17, 15) is 0 Å². The quantitative estimate of drug-likeness (QED) is 0.287. The van der Waals surface area contributed by atoms with E-state index in [-0.39, 0.29) is 20.1 Å². The molecule has 2 aromatic heterocycles. The number of para-hydroxylation sites is 2. The van der Waals surface area contributed by atoms with Gasteiger partial charge in [0.25, 0.3) is 0 Å². The van der Waals surface area contributed by atoms with Crippen LogP contribution < -0.4 is 0 Å². The Hall–Kier alpha value is -3.08. The minimum absolute atomic E-state index is 0. The van der Waals surface area contributed by atoms with Crippen molar-refractivity contribution in [2.45, 2.75) is 20.8 Å². The van der Waals surface area contributed by atoms with Gasteiger partial charge in [-0.15, -0.1) is 23.8 Å². The zero-order chi connectivity index (χ0) is 20.0. The van der Waals surface area contributed by atoms with Crippen LogP contribution in [-0.2, 0) is 20.1 Å². The monoisotopic (exact) mass is 571 g/mol. The Bertz CT molecular complexity index is 1310. The number of aryl methyl sites for hydroxylation is 3. The number of fused-ring (bicyclic) bond motifs is 1. The van der Waals surface area contributed by atoms with E-state index in [1.807, 2.05) is 41.9 Å². The molecular formula is C24H20IrN5-. The summed E-state index contributed by atoms with van der Waals surface area (Å²) in [5, 5.41) is 4.49. The Balaban J connectivity index is 0.00000218. The molecule has 30 heavy (non-hydrogen) atoms. The van der Waals surface area contributed by atoms with Gasteiger partial charge in [0, 0.05) is 31.3 Å². The van der Waals surface area contributed by atoms with Gasteiger partial charge >= 0.3 is 0 Å². The van der Waals surface area contributed by atoms with Crippen molar-refractivity contribution in [1.29, 1.82) is 0 Å². The Kier molecular flexibility index (Phi) is 5.37. The van der Waals surface area contributed by atoms with E-state index in [0.29, 0.717) is 0 Å². The molecule has 0 aliphatic heterocycles. The number of nitrogens with zero attached hydrogens (tertiary/aromatic N) is 5. The van der Waals surface area contributed by atoms with Gasteiger partial charge in [-0.1, -0.05) is 36.4 Å². The summed E-state index contributed by atoms with van der Waals surface area (Å²) in [6.45, 7) is 6.20. The molecule has 0 bridgehead atoms. The molecular weight excluding hydrogens is 551 g/mol. The van der Waals surface area contributed by atoms with Crippen LogP contribution in [0, 0.1) is 26.8 Å². The van der Waals surface area contributed by atoms with Crippen molar-refractivity contribution in [3.8, 4) is 22.8 Å². The van der Waals surface area contributed by atoms with Gasteiger partial charge in [-0.25, -0.2) is 0 Å². The van der Waals surface area contributed by atoms with E-state index in [1.165, 1.54) is 0 Å². The van der Waals surface area contributed by atoms with Crippen LogP contribution in [0.2, 0.25) is 0 Å². The van der Waals surface area contributed by atoms with Gasteiger partial charge in [0.2, 0.25) is 0 Å². The van der Waals surface area contributed by atoms with Crippen molar-refractivity contribution < 1.29 is 20.1 Å². The molecule has 5 aromatic rings. The summed E-state index contributed by atoms with van der Waals surface area (Å²) in [5.41, 5.74) is 7.26. The van der Waals surface area contributed by atoms with Crippen LogP contribution in [0.25, 0.3) is 33.8 Å². The predicted molar refractivity (Wildman–Crippen MR) is 114 cm³/mol. The van der Waals surface area contributed by atoms with Gasteiger partial charge in [-0.2, -0.15) is 5.10 Å². The Morgan fingerprint density at radius 2 is 1.63 bits per heavy atom. The topological polar surface area (TPSA) is 48.5 Å². The zero-order valence-electron chi connectivity index (χ0n) is 16.9. The largest absolute Gasteiger partial charge is 0.338 e. The molecule has 5 nitrogen and oxygen atoms in total. The van der Waals surface area contributed by atoms with Crippen LogP contribution in [0.5, 0.6) is 0 Å². The van der Waals surface area contributed by atoms with Crippen molar-refractivity contribution >= 4 is 11.0 Å². The third-order valence-electron chi connectivity index (χ3n) is 5.21.